The molecule has 2 amide bonds. The zero-order chi connectivity index (χ0) is 21.4. The van der Waals surface area contributed by atoms with E-state index < -0.39 is 12.0 Å². The second-order valence-corrected chi connectivity index (χ2v) is 7.70. The van der Waals surface area contributed by atoms with Crippen molar-refractivity contribution >= 4 is 29.5 Å². The summed E-state index contributed by atoms with van der Waals surface area (Å²) >= 11 is 1.55. The van der Waals surface area contributed by atoms with Crippen LogP contribution in [-0.4, -0.2) is 62.4 Å². The molecular formula is C20H28N2O6S. The molecule has 0 bridgehead atoms. The van der Waals surface area contributed by atoms with E-state index in [4.69, 9.17) is 14.2 Å². The molecule has 8 nitrogen and oxygen atoms in total. The van der Waals surface area contributed by atoms with Crippen LogP contribution in [0.2, 0.25) is 0 Å². The Bertz CT molecular complexity index is 742. The summed E-state index contributed by atoms with van der Waals surface area (Å²) in [5.41, 5.74) is 0.897. The SMILES string of the molecule is COC(=O)C(CCCCN1C(=O)CSC1c1cc(OC)ccc1OC)NC(C)=O. The molecule has 1 N–H and O–H groups in total. The molecule has 1 aromatic carbocycles. The normalized spacial score (nSPS) is 17.0. The highest BCUT2D eigenvalue weighted by atomic mass is 32.2. The number of methoxy groups -OCH3 is 3. The Labute approximate surface area is 175 Å². The van der Waals surface area contributed by atoms with E-state index >= 15 is 0 Å². The minimum Gasteiger partial charge on any atom is -0.497 e. The first kappa shape index (κ1) is 22.9. The van der Waals surface area contributed by atoms with Gasteiger partial charge in [-0.15, -0.1) is 11.8 Å². The van der Waals surface area contributed by atoms with Crippen LogP contribution in [0.15, 0.2) is 18.2 Å². The first-order chi connectivity index (χ1) is 13.9. The summed E-state index contributed by atoms with van der Waals surface area (Å²) in [7, 11) is 4.50. The number of ether oxygens (including phenoxy) is 3. The number of benzene rings is 1. The van der Waals surface area contributed by atoms with Crippen molar-refractivity contribution in [3.8, 4) is 11.5 Å². The number of esters is 1. The van der Waals surface area contributed by atoms with Crippen molar-refractivity contribution in [3.05, 3.63) is 23.8 Å². The van der Waals surface area contributed by atoms with Crippen molar-refractivity contribution < 1.29 is 28.6 Å². The molecule has 0 radical (unpaired) electrons. The Balaban J connectivity index is 2.01. The van der Waals surface area contributed by atoms with Gasteiger partial charge in [-0.1, -0.05) is 0 Å². The second-order valence-electron chi connectivity index (χ2n) is 6.63. The number of unbranched alkanes of at least 4 members (excludes halogenated alkanes) is 1. The van der Waals surface area contributed by atoms with Gasteiger partial charge < -0.3 is 24.4 Å². The third kappa shape index (κ3) is 6.03. The lowest BCUT2D eigenvalue weighted by atomic mass is 10.1. The highest BCUT2D eigenvalue weighted by Crippen LogP contribution is 2.43. The molecule has 1 saturated heterocycles. The molecule has 1 aromatic rings. The van der Waals surface area contributed by atoms with Gasteiger partial charge in [-0.2, -0.15) is 0 Å². The van der Waals surface area contributed by atoms with E-state index in [0.29, 0.717) is 43.1 Å². The van der Waals surface area contributed by atoms with Gasteiger partial charge in [-0.3, -0.25) is 9.59 Å². The van der Waals surface area contributed by atoms with Crippen LogP contribution in [0, 0.1) is 0 Å². The lowest BCUT2D eigenvalue weighted by molar-refractivity contribution is -0.145. The van der Waals surface area contributed by atoms with Gasteiger partial charge in [0.05, 0.1) is 27.1 Å². The minimum absolute atomic E-state index is 0.0660. The van der Waals surface area contributed by atoms with Crippen LogP contribution < -0.4 is 14.8 Å². The van der Waals surface area contributed by atoms with Crippen LogP contribution in [0.5, 0.6) is 11.5 Å². The van der Waals surface area contributed by atoms with Gasteiger partial charge in [0.15, 0.2) is 0 Å². The van der Waals surface area contributed by atoms with Crippen molar-refractivity contribution in [2.75, 3.05) is 33.6 Å². The van der Waals surface area contributed by atoms with E-state index in [9.17, 15) is 14.4 Å². The van der Waals surface area contributed by atoms with Gasteiger partial charge in [0.1, 0.15) is 22.9 Å². The summed E-state index contributed by atoms with van der Waals surface area (Å²) in [5, 5.41) is 2.45. The Kier molecular flexibility index (Phi) is 8.63. The standard InChI is InChI=1S/C20H28N2O6S/c1-13(23)21-16(20(25)28-4)7-5-6-10-22-18(24)12-29-19(22)15-11-14(26-2)8-9-17(15)27-3/h8-9,11,16,19H,5-7,10,12H2,1-4H3,(H,21,23). The fourth-order valence-electron chi connectivity index (χ4n) is 3.25. The number of rotatable bonds is 10. The van der Waals surface area contributed by atoms with Crippen LogP contribution in [-0.2, 0) is 19.1 Å². The fourth-order valence-corrected chi connectivity index (χ4v) is 4.49. The Morgan fingerprint density at radius 2 is 2.00 bits per heavy atom. The summed E-state index contributed by atoms with van der Waals surface area (Å²) < 4.78 is 15.5. The van der Waals surface area contributed by atoms with Crippen molar-refractivity contribution in [1.82, 2.24) is 10.2 Å². The van der Waals surface area contributed by atoms with Crippen molar-refractivity contribution in [2.24, 2.45) is 0 Å². The molecule has 0 aromatic heterocycles. The topological polar surface area (TPSA) is 94.2 Å². The third-order valence-electron chi connectivity index (χ3n) is 4.68. The fraction of sp³-hybridized carbons (Fsp3) is 0.550. The number of thioether (sulfide) groups is 1. The first-order valence-electron chi connectivity index (χ1n) is 9.39. The smallest absolute Gasteiger partial charge is 0.328 e. The van der Waals surface area contributed by atoms with Crippen LogP contribution >= 0.6 is 11.8 Å². The van der Waals surface area contributed by atoms with Gasteiger partial charge in [-0.05, 0) is 37.5 Å². The van der Waals surface area contributed by atoms with Crippen LogP contribution in [0.4, 0.5) is 0 Å². The number of nitrogens with zero attached hydrogens (tertiary/aromatic N) is 1. The van der Waals surface area contributed by atoms with Crippen molar-refractivity contribution in [2.45, 2.75) is 37.6 Å². The second kappa shape index (κ2) is 10.9. The van der Waals surface area contributed by atoms with Gasteiger partial charge >= 0.3 is 5.97 Å². The molecule has 2 unspecified atom stereocenters. The third-order valence-corrected chi connectivity index (χ3v) is 5.91. The highest BCUT2D eigenvalue weighted by Gasteiger charge is 2.34. The lowest BCUT2D eigenvalue weighted by Crippen LogP contribution is -2.40. The van der Waals surface area contributed by atoms with Gasteiger partial charge in [0.2, 0.25) is 11.8 Å². The summed E-state index contributed by atoms with van der Waals surface area (Å²) in [5.74, 6) is 1.14. The molecule has 29 heavy (non-hydrogen) atoms. The maximum Gasteiger partial charge on any atom is 0.328 e. The average molecular weight is 425 g/mol. The van der Waals surface area contributed by atoms with Crippen molar-refractivity contribution in [3.63, 3.8) is 0 Å². The van der Waals surface area contributed by atoms with Crippen LogP contribution in [0.3, 0.4) is 0 Å². The molecule has 0 saturated carbocycles. The molecule has 0 aliphatic carbocycles. The molecule has 1 aliphatic heterocycles. The summed E-state index contributed by atoms with van der Waals surface area (Å²) in [6.45, 7) is 1.91. The molecule has 0 spiro atoms. The van der Waals surface area contributed by atoms with Gasteiger partial charge in [-0.25, -0.2) is 4.79 Å². The maximum absolute atomic E-state index is 12.4. The van der Waals surface area contributed by atoms with E-state index in [2.05, 4.69) is 5.32 Å². The molecule has 1 fully saturated rings. The number of carbonyl (C=O) groups excluding carboxylic acids is 3. The van der Waals surface area contributed by atoms with Crippen LogP contribution in [0.1, 0.15) is 37.1 Å². The Morgan fingerprint density at radius 3 is 2.62 bits per heavy atom. The highest BCUT2D eigenvalue weighted by molar-refractivity contribution is 8.00. The molecule has 1 aliphatic rings. The predicted octanol–water partition coefficient (Wildman–Crippen LogP) is 2.13. The number of carbonyl (C=O) groups is 3. The quantitative estimate of drug-likeness (QED) is 0.454. The Morgan fingerprint density at radius 1 is 1.24 bits per heavy atom. The number of hydrogen-bond acceptors (Lipinski definition) is 7. The zero-order valence-electron chi connectivity index (χ0n) is 17.2. The van der Waals surface area contributed by atoms with E-state index in [1.165, 1.54) is 14.0 Å². The molecule has 1 heterocycles. The monoisotopic (exact) mass is 424 g/mol. The van der Waals surface area contributed by atoms with Gasteiger partial charge in [0, 0.05) is 19.0 Å². The van der Waals surface area contributed by atoms with E-state index in [0.717, 1.165) is 5.56 Å². The largest absolute Gasteiger partial charge is 0.497 e. The number of hydrogen-bond donors (Lipinski definition) is 1. The maximum atomic E-state index is 12.4. The molecule has 160 valence electrons. The first-order valence-corrected chi connectivity index (χ1v) is 10.4. The number of nitrogens with one attached hydrogen (secondary N) is 1. The van der Waals surface area contributed by atoms with E-state index in [1.54, 1.807) is 26.0 Å². The summed E-state index contributed by atoms with van der Waals surface area (Å²) in [4.78, 5) is 37.3. The summed E-state index contributed by atoms with van der Waals surface area (Å²) in [6.07, 6.45) is 1.81. The van der Waals surface area contributed by atoms with Crippen molar-refractivity contribution in [1.29, 1.82) is 0 Å². The van der Waals surface area contributed by atoms with E-state index in [-0.39, 0.29) is 17.2 Å². The number of amides is 2. The average Bonchev–Trinajstić information content (AvgIpc) is 3.08. The molecular weight excluding hydrogens is 396 g/mol. The Hall–Kier alpha value is -2.42. The molecule has 2 rings (SSSR count). The lowest BCUT2D eigenvalue weighted by Gasteiger charge is -2.26. The molecule has 9 heteroatoms. The zero-order valence-corrected chi connectivity index (χ0v) is 18.0. The van der Waals surface area contributed by atoms with Gasteiger partial charge in [0.25, 0.3) is 0 Å². The predicted molar refractivity (Wildman–Crippen MR) is 110 cm³/mol. The van der Waals surface area contributed by atoms with Crippen LogP contribution in [0.25, 0.3) is 0 Å². The summed E-state index contributed by atoms with van der Waals surface area (Å²) in [6, 6.07) is 4.88. The van der Waals surface area contributed by atoms with E-state index in [1.807, 2.05) is 23.1 Å². The minimum atomic E-state index is -0.671. The molecule has 2 atom stereocenters.